The molecule has 0 aromatic rings. The summed E-state index contributed by atoms with van der Waals surface area (Å²) in [4.78, 5) is 72.4. The molecule has 0 aliphatic rings. The molecule has 0 aromatic carbocycles. The monoisotopic (exact) mass is 1340 g/mol. The van der Waals surface area contributed by atoms with Gasteiger partial charge in [-0.15, -0.1) is 0 Å². The van der Waals surface area contributed by atoms with Crippen LogP contribution in [0.5, 0.6) is 0 Å². The lowest BCUT2D eigenvalue weighted by molar-refractivity contribution is -0.161. The zero-order valence-electron chi connectivity index (χ0n) is 59.1. The van der Waals surface area contributed by atoms with E-state index in [1.165, 1.54) is 173 Å². The number of rotatable bonds is 71. The Bertz CT molecular complexity index is 1770. The SMILES string of the molecule is CCCCCCCCCCCCCC(=O)O[C@H](COC(=O)CCCCCCCCC)COP(=O)(O)OC[C@H](O)COP(=O)(O)OC[C@@H](COC(=O)CCCCCCCCCCC(C)C)OC(=O)CCCCCCCCCCCCCCCCCCCCC(C)CC. The highest BCUT2D eigenvalue weighted by molar-refractivity contribution is 7.47. The number of phosphoric acid groups is 2. The van der Waals surface area contributed by atoms with Crippen LogP contribution in [0.4, 0.5) is 0 Å². The third-order valence-corrected chi connectivity index (χ3v) is 19.0. The molecule has 0 spiro atoms. The van der Waals surface area contributed by atoms with E-state index in [0.717, 1.165) is 115 Å². The van der Waals surface area contributed by atoms with Crippen molar-refractivity contribution in [3.63, 3.8) is 0 Å². The highest BCUT2D eigenvalue weighted by atomic mass is 31.2. The van der Waals surface area contributed by atoms with Crippen molar-refractivity contribution < 1.29 is 80.2 Å². The van der Waals surface area contributed by atoms with Gasteiger partial charge in [-0.25, -0.2) is 9.13 Å². The first-order valence-electron chi connectivity index (χ1n) is 37.5. The first kappa shape index (κ1) is 89.1. The molecule has 3 unspecified atom stereocenters. The molecule has 0 fully saturated rings. The summed E-state index contributed by atoms with van der Waals surface area (Å²) >= 11 is 0. The molecule has 0 amide bonds. The maximum Gasteiger partial charge on any atom is 0.472 e. The molecule has 6 atom stereocenters. The van der Waals surface area contributed by atoms with E-state index in [1.54, 1.807) is 0 Å². The van der Waals surface area contributed by atoms with Crippen molar-refractivity contribution in [1.29, 1.82) is 0 Å². The summed E-state index contributed by atoms with van der Waals surface area (Å²) in [7, 11) is -9.89. The molecule has 0 saturated heterocycles. The Kier molecular flexibility index (Phi) is 62.7. The lowest BCUT2D eigenvalue weighted by atomic mass is 9.99. The predicted octanol–water partition coefficient (Wildman–Crippen LogP) is 20.8. The van der Waals surface area contributed by atoms with E-state index in [2.05, 4.69) is 41.5 Å². The average molecular weight is 1340 g/mol. The maximum absolute atomic E-state index is 13.0. The molecule has 0 heterocycles. The van der Waals surface area contributed by atoms with E-state index < -0.39 is 97.5 Å². The van der Waals surface area contributed by atoms with Crippen molar-refractivity contribution >= 4 is 39.5 Å². The molecule has 540 valence electrons. The Hall–Kier alpha value is -1.94. The molecule has 0 saturated carbocycles. The third kappa shape index (κ3) is 65.1. The summed E-state index contributed by atoms with van der Waals surface area (Å²) in [6.45, 7) is 9.55. The van der Waals surface area contributed by atoms with Crippen molar-refractivity contribution in [2.75, 3.05) is 39.6 Å². The molecule has 91 heavy (non-hydrogen) atoms. The smallest absolute Gasteiger partial charge is 0.462 e. The van der Waals surface area contributed by atoms with Gasteiger partial charge in [-0.1, -0.05) is 318 Å². The first-order valence-corrected chi connectivity index (χ1v) is 40.5. The molecule has 0 aromatic heterocycles. The normalized spacial score (nSPS) is 14.4. The Balaban J connectivity index is 5.12. The van der Waals surface area contributed by atoms with Gasteiger partial charge in [0, 0.05) is 25.7 Å². The Morgan fingerprint density at radius 3 is 0.835 bits per heavy atom. The Labute approximate surface area is 556 Å². The van der Waals surface area contributed by atoms with E-state index >= 15 is 0 Å². The molecule has 3 N–H and O–H groups in total. The lowest BCUT2D eigenvalue weighted by Gasteiger charge is -2.21. The van der Waals surface area contributed by atoms with Crippen LogP contribution in [0.2, 0.25) is 0 Å². The van der Waals surface area contributed by atoms with Crippen LogP contribution in [-0.2, 0) is 65.4 Å². The van der Waals surface area contributed by atoms with E-state index in [1.807, 2.05) is 0 Å². The number of carbonyl (C=O) groups is 4. The van der Waals surface area contributed by atoms with Crippen molar-refractivity contribution in [2.45, 2.75) is 387 Å². The zero-order chi connectivity index (χ0) is 67.2. The minimum Gasteiger partial charge on any atom is -0.462 e. The van der Waals surface area contributed by atoms with Gasteiger partial charge in [0.1, 0.15) is 19.3 Å². The summed E-state index contributed by atoms with van der Waals surface area (Å²) in [5.74, 6) is -0.530. The van der Waals surface area contributed by atoms with Gasteiger partial charge >= 0.3 is 39.5 Å². The number of phosphoric ester groups is 2. The number of hydrogen-bond acceptors (Lipinski definition) is 15. The van der Waals surface area contributed by atoms with E-state index in [9.17, 15) is 43.2 Å². The molecule has 0 aliphatic carbocycles. The van der Waals surface area contributed by atoms with Crippen LogP contribution in [0.25, 0.3) is 0 Å². The van der Waals surface area contributed by atoms with Crippen LogP contribution in [0, 0.1) is 11.8 Å². The van der Waals surface area contributed by atoms with Crippen LogP contribution in [0.3, 0.4) is 0 Å². The summed E-state index contributed by atoms with van der Waals surface area (Å²) in [5, 5.41) is 10.6. The predicted molar refractivity (Wildman–Crippen MR) is 368 cm³/mol. The number of esters is 4. The second kappa shape index (κ2) is 64.1. The minimum absolute atomic E-state index is 0.106. The van der Waals surface area contributed by atoms with Gasteiger partial charge in [-0.05, 0) is 37.5 Å². The number of unbranched alkanes of at least 4 members (excludes halogenated alkanes) is 40. The van der Waals surface area contributed by atoms with E-state index in [-0.39, 0.29) is 25.7 Å². The fourth-order valence-electron chi connectivity index (χ4n) is 10.9. The van der Waals surface area contributed by atoms with Crippen LogP contribution in [-0.4, -0.2) is 96.7 Å². The molecular formula is C72H140O17P2. The minimum atomic E-state index is -4.95. The largest absolute Gasteiger partial charge is 0.472 e. The second-order valence-corrected chi connectivity index (χ2v) is 29.6. The standard InChI is InChI=1S/C72H140O17P2/c1-7-10-12-14-16-17-26-30-38-44-50-56-71(76)88-67(60-82-69(74)54-48-42-34-15-13-11-8-2)62-86-90(78,79)84-58-66(73)59-85-91(80,81)87-63-68(61-83-70(75)55-49-43-37-33-32-35-40-46-52-64(4)5)89-72(77)57-51-45-39-31-28-25-23-21-19-18-20-22-24-27-29-36-41-47-53-65(6)9-3/h64-68,73H,7-63H2,1-6H3,(H,78,79)(H,80,81)/t65?,66-,67+,68+/m0/s1. The molecule has 17 nitrogen and oxygen atoms in total. The molecular weight excluding hydrogens is 1200 g/mol. The third-order valence-electron chi connectivity index (χ3n) is 17.1. The van der Waals surface area contributed by atoms with Crippen LogP contribution < -0.4 is 0 Å². The maximum atomic E-state index is 13.0. The summed E-state index contributed by atoms with van der Waals surface area (Å²) in [6, 6.07) is 0. The summed E-state index contributed by atoms with van der Waals surface area (Å²) in [6.07, 6.45) is 50.2. The number of aliphatic hydroxyl groups excluding tert-OH is 1. The summed E-state index contributed by atoms with van der Waals surface area (Å²) < 4.78 is 68.2. The van der Waals surface area contributed by atoms with Crippen LogP contribution >= 0.6 is 15.6 Å². The fraction of sp³-hybridized carbons (Fsp3) is 0.944. The number of hydrogen-bond donors (Lipinski definition) is 3. The van der Waals surface area contributed by atoms with Gasteiger partial charge in [0.25, 0.3) is 0 Å². The highest BCUT2D eigenvalue weighted by Gasteiger charge is 2.30. The van der Waals surface area contributed by atoms with E-state index in [0.29, 0.717) is 25.7 Å². The van der Waals surface area contributed by atoms with Gasteiger partial charge in [0.05, 0.1) is 26.4 Å². The Morgan fingerprint density at radius 2 is 0.560 bits per heavy atom. The molecule has 19 heteroatoms. The molecule has 0 aliphatic heterocycles. The number of carbonyl (C=O) groups excluding carboxylic acids is 4. The van der Waals surface area contributed by atoms with Crippen LogP contribution in [0.15, 0.2) is 0 Å². The van der Waals surface area contributed by atoms with Crippen molar-refractivity contribution in [2.24, 2.45) is 11.8 Å². The lowest BCUT2D eigenvalue weighted by Crippen LogP contribution is -2.30. The van der Waals surface area contributed by atoms with Gasteiger partial charge in [0.15, 0.2) is 12.2 Å². The van der Waals surface area contributed by atoms with Gasteiger partial charge in [-0.3, -0.25) is 37.3 Å². The fourth-order valence-corrected chi connectivity index (χ4v) is 12.5. The highest BCUT2D eigenvalue weighted by Crippen LogP contribution is 2.45. The van der Waals surface area contributed by atoms with Gasteiger partial charge in [0.2, 0.25) is 0 Å². The Morgan fingerprint density at radius 1 is 0.319 bits per heavy atom. The van der Waals surface area contributed by atoms with Crippen molar-refractivity contribution in [1.82, 2.24) is 0 Å². The number of aliphatic hydroxyl groups is 1. The molecule has 0 radical (unpaired) electrons. The zero-order valence-corrected chi connectivity index (χ0v) is 60.9. The summed E-state index contributed by atoms with van der Waals surface area (Å²) in [5.41, 5.74) is 0. The van der Waals surface area contributed by atoms with Crippen LogP contribution in [0.1, 0.15) is 369 Å². The van der Waals surface area contributed by atoms with Gasteiger partial charge < -0.3 is 33.8 Å². The molecule has 0 bridgehead atoms. The van der Waals surface area contributed by atoms with Crippen molar-refractivity contribution in [3.8, 4) is 0 Å². The van der Waals surface area contributed by atoms with Gasteiger partial charge in [-0.2, -0.15) is 0 Å². The topological polar surface area (TPSA) is 237 Å². The van der Waals surface area contributed by atoms with E-state index in [4.69, 9.17) is 37.0 Å². The van der Waals surface area contributed by atoms with Crippen molar-refractivity contribution in [3.05, 3.63) is 0 Å². The average Bonchev–Trinajstić information content (AvgIpc) is 3.71. The molecule has 0 rings (SSSR count). The second-order valence-electron chi connectivity index (χ2n) is 26.7. The number of ether oxygens (including phenoxy) is 4. The first-order chi connectivity index (χ1) is 43.9. The quantitative estimate of drug-likeness (QED) is 0.0222.